The third-order valence-corrected chi connectivity index (χ3v) is 4.09. The fourth-order valence-corrected chi connectivity index (χ4v) is 2.87. The largest absolute Gasteiger partial charge is 0.480 e. The molecule has 9 nitrogen and oxygen atoms in total. The van der Waals surface area contributed by atoms with Crippen molar-refractivity contribution in [2.45, 2.75) is 13.0 Å². The topological polar surface area (TPSA) is 111 Å². The van der Waals surface area contributed by atoms with E-state index in [1.807, 2.05) is 25.1 Å². The summed E-state index contributed by atoms with van der Waals surface area (Å²) in [5.74, 6) is -1.12. The van der Waals surface area contributed by atoms with E-state index in [0.29, 0.717) is 31.9 Å². The van der Waals surface area contributed by atoms with Gasteiger partial charge in [-0.15, -0.1) is 0 Å². The molecule has 1 heterocycles. The van der Waals surface area contributed by atoms with E-state index in [0.717, 1.165) is 5.56 Å². The highest BCUT2D eigenvalue weighted by Gasteiger charge is 2.25. The molecule has 1 aliphatic rings. The Hall–Kier alpha value is -2.65. The van der Waals surface area contributed by atoms with Crippen LogP contribution in [0.25, 0.3) is 0 Å². The van der Waals surface area contributed by atoms with Crippen LogP contribution in [0, 0.1) is 6.92 Å². The highest BCUT2D eigenvalue weighted by Crippen LogP contribution is 2.09. The molecule has 0 radical (unpaired) electrons. The van der Waals surface area contributed by atoms with Crippen molar-refractivity contribution in [2.75, 3.05) is 51.7 Å². The minimum atomic E-state index is -0.912. The van der Waals surface area contributed by atoms with Gasteiger partial charge in [-0.3, -0.25) is 14.5 Å². The number of morpholine rings is 1. The number of likely N-dealkylation sites (N-methyl/N-ethyl adjacent to an activating group) is 1. The number of carboxylic acid groups (broad SMARTS) is 1. The first-order chi connectivity index (χ1) is 12.8. The van der Waals surface area contributed by atoms with Crippen LogP contribution in [0.15, 0.2) is 24.3 Å². The monoisotopic (exact) mass is 378 g/mol. The van der Waals surface area contributed by atoms with Gasteiger partial charge in [0.15, 0.2) is 0 Å². The minimum absolute atomic E-state index is 0.0888. The summed E-state index contributed by atoms with van der Waals surface area (Å²) in [7, 11) is 1.69. The second-order valence-electron chi connectivity index (χ2n) is 6.60. The van der Waals surface area contributed by atoms with Gasteiger partial charge in [-0.25, -0.2) is 4.79 Å². The van der Waals surface area contributed by atoms with E-state index in [9.17, 15) is 14.4 Å². The number of amides is 3. The number of benzene rings is 1. The minimum Gasteiger partial charge on any atom is -0.480 e. The van der Waals surface area contributed by atoms with Crippen LogP contribution in [0.3, 0.4) is 0 Å². The Morgan fingerprint density at radius 3 is 2.85 bits per heavy atom. The van der Waals surface area contributed by atoms with Crippen molar-refractivity contribution in [1.82, 2.24) is 15.1 Å². The van der Waals surface area contributed by atoms with Gasteiger partial charge < -0.3 is 25.4 Å². The molecule has 1 fully saturated rings. The van der Waals surface area contributed by atoms with Crippen molar-refractivity contribution in [2.24, 2.45) is 0 Å². The van der Waals surface area contributed by atoms with Crippen molar-refractivity contribution in [3.05, 3.63) is 29.8 Å². The fraction of sp³-hybridized carbons (Fsp3) is 0.500. The molecule has 0 spiro atoms. The number of rotatable bonds is 7. The first-order valence-electron chi connectivity index (χ1n) is 8.74. The first-order valence-corrected chi connectivity index (χ1v) is 8.74. The van der Waals surface area contributed by atoms with Crippen LogP contribution < -0.4 is 10.6 Å². The molecule has 9 heteroatoms. The number of anilines is 1. The molecular formula is C18H26N4O5. The summed E-state index contributed by atoms with van der Waals surface area (Å²) in [6.07, 6.45) is -0.256. The van der Waals surface area contributed by atoms with Gasteiger partial charge in [0, 0.05) is 25.3 Å². The maximum atomic E-state index is 12.3. The maximum absolute atomic E-state index is 12.3. The maximum Gasteiger partial charge on any atom is 0.319 e. The van der Waals surface area contributed by atoms with Crippen LogP contribution >= 0.6 is 0 Å². The second kappa shape index (κ2) is 9.89. The zero-order chi connectivity index (χ0) is 19.8. The standard InChI is InChI=1S/C18H26N4O5/c1-13-4-3-5-14(8-13)20-18(26)19-9-16(23)22-6-7-27-15(11-22)10-21(2)12-17(24)25/h3-5,8,15H,6-7,9-12H2,1-2H3,(H,24,25)(H2,19,20,26). The van der Waals surface area contributed by atoms with E-state index in [4.69, 9.17) is 9.84 Å². The van der Waals surface area contributed by atoms with Gasteiger partial charge >= 0.3 is 12.0 Å². The molecule has 1 aliphatic heterocycles. The molecule has 3 N–H and O–H groups in total. The lowest BCUT2D eigenvalue weighted by Gasteiger charge is -2.34. The number of ether oxygens (including phenoxy) is 1. The number of carboxylic acids is 1. The van der Waals surface area contributed by atoms with Crippen LogP contribution in [0.5, 0.6) is 0 Å². The first kappa shape index (κ1) is 20.7. The van der Waals surface area contributed by atoms with Crippen LogP contribution in [-0.4, -0.2) is 85.3 Å². The molecule has 27 heavy (non-hydrogen) atoms. The van der Waals surface area contributed by atoms with Crippen molar-refractivity contribution in [1.29, 1.82) is 0 Å². The summed E-state index contributed by atoms with van der Waals surface area (Å²) in [6.45, 7) is 3.33. The van der Waals surface area contributed by atoms with Crippen molar-refractivity contribution < 1.29 is 24.2 Å². The summed E-state index contributed by atoms with van der Waals surface area (Å²) in [6, 6.07) is 6.93. The van der Waals surface area contributed by atoms with Crippen LogP contribution in [0.1, 0.15) is 5.56 Å². The molecule has 0 aliphatic carbocycles. The molecule has 0 bridgehead atoms. The lowest BCUT2D eigenvalue weighted by Crippen LogP contribution is -2.52. The SMILES string of the molecule is Cc1cccc(NC(=O)NCC(=O)N2CCOC(CN(C)CC(=O)O)C2)c1. The molecule has 1 aromatic carbocycles. The smallest absolute Gasteiger partial charge is 0.319 e. The number of aliphatic carboxylic acids is 1. The summed E-state index contributed by atoms with van der Waals surface area (Å²) in [4.78, 5) is 38.3. The Labute approximate surface area is 158 Å². The predicted molar refractivity (Wildman–Crippen MR) is 99.7 cm³/mol. The molecule has 1 atom stereocenters. The van der Waals surface area contributed by atoms with E-state index in [-0.39, 0.29) is 25.1 Å². The molecule has 148 valence electrons. The van der Waals surface area contributed by atoms with E-state index in [1.165, 1.54) is 0 Å². The van der Waals surface area contributed by atoms with Crippen LogP contribution in [0.4, 0.5) is 10.5 Å². The number of nitrogens with zero attached hydrogens (tertiary/aromatic N) is 2. The molecule has 0 saturated carbocycles. The lowest BCUT2D eigenvalue weighted by atomic mass is 10.2. The Morgan fingerprint density at radius 2 is 2.15 bits per heavy atom. The van der Waals surface area contributed by atoms with Gasteiger partial charge in [0.1, 0.15) is 0 Å². The van der Waals surface area contributed by atoms with Gasteiger partial charge in [0.25, 0.3) is 0 Å². The Balaban J connectivity index is 1.76. The van der Waals surface area contributed by atoms with Gasteiger partial charge in [-0.1, -0.05) is 12.1 Å². The third kappa shape index (κ3) is 7.24. The number of hydrogen-bond acceptors (Lipinski definition) is 5. The molecule has 1 unspecified atom stereocenters. The van der Waals surface area contributed by atoms with Gasteiger partial charge in [-0.2, -0.15) is 0 Å². The number of hydrogen-bond donors (Lipinski definition) is 3. The summed E-state index contributed by atoms with van der Waals surface area (Å²) < 4.78 is 5.60. The van der Waals surface area contributed by atoms with Crippen LogP contribution in [-0.2, 0) is 14.3 Å². The van der Waals surface area contributed by atoms with E-state index in [1.54, 1.807) is 22.9 Å². The van der Waals surface area contributed by atoms with Gasteiger partial charge in [0.05, 0.1) is 25.8 Å². The van der Waals surface area contributed by atoms with Crippen LogP contribution in [0.2, 0.25) is 0 Å². The molecule has 3 amide bonds. The van der Waals surface area contributed by atoms with E-state index in [2.05, 4.69) is 10.6 Å². The average molecular weight is 378 g/mol. The molecular weight excluding hydrogens is 352 g/mol. The fourth-order valence-electron chi connectivity index (χ4n) is 2.87. The molecule has 0 aromatic heterocycles. The van der Waals surface area contributed by atoms with Crippen molar-refractivity contribution >= 4 is 23.6 Å². The molecule has 1 saturated heterocycles. The highest BCUT2D eigenvalue weighted by atomic mass is 16.5. The second-order valence-corrected chi connectivity index (χ2v) is 6.60. The van der Waals surface area contributed by atoms with E-state index >= 15 is 0 Å². The average Bonchev–Trinajstić information content (AvgIpc) is 2.59. The Bertz CT molecular complexity index is 681. The van der Waals surface area contributed by atoms with Gasteiger partial charge in [-0.05, 0) is 31.7 Å². The zero-order valence-electron chi connectivity index (χ0n) is 15.6. The summed E-state index contributed by atoms with van der Waals surface area (Å²) in [5.41, 5.74) is 1.68. The Morgan fingerprint density at radius 1 is 1.37 bits per heavy atom. The number of aryl methyl sites for hydroxylation is 1. The number of nitrogens with one attached hydrogen (secondary N) is 2. The van der Waals surface area contributed by atoms with Crippen molar-refractivity contribution in [3.63, 3.8) is 0 Å². The van der Waals surface area contributed by atoms with E-state index < -0.39 is 12.0 Å². The zero-order valence-corrected chi connectivity index (χ0v) is 15.6. The predicted octanol–water partition coefficient (Wildman–Crippen LogP) is 0.360. The quantitative estimate of drug-likeness (QED) is 0.632. The lowest BCUT2D eigenvalue weighted by molar-refractivity contribution is -0.141. The molecule has 2 rings (SSSR count). The third-order valence-electron chi connectivity index (χ3n) is 4.09. The number of carbonyl (C=O) groups is 3. The summed E-state index contributed by atoms with van der Waals surface area (Å²) >= 11 is 0. The van der Waals surface area contributed by atoms with Gasteiger partial charge in [0.2, 0.25) is 5.91 Å². The molecule has 1 aromatic rings. The van der Waals surface area contributed by atoms with Crippen molar-refractivity contribution in [3.8, 4) is 0 Å². The normalized spacial score (nSPS) is 16.9. The number of urea groups is 1. The Kier molecular flexibility index (Phi) is 7.56. The summed E-state index contributed by atoms with van der Waals surface area (Å²) in [5, 5.41) is 14.0. The number of carbonyl (C=O) groups excluding carboxylic acids is 2. The highest BCUT2D eigenvalue weighted by molar-refractivity contribution is 5.92.